The lowest BCUT2D eigenvalue weighted by Gasteiger charge is -2.12. The van der Waals surface area contributed by atoms with E-state index in [4.69, 9.17) is 23.8 Å². The normalized spacial score (nSPS) is 12.1. The summed E-state index contributed by atoms with van der Waals surface area (Å²) in [5.41, 5.74) is 9.34. The molecule has 0 aliphatic carbocycles. The van der Waals surface area contributed by atoms with Crippen molar-refractivity contribution in [3.05, 3.63) is 169 Å². The summed E-state index contributed by atoms with van der Waals surface area (Å²) >= 11 is 0. The van der Waals surface area contributed by atoms with E-state index in [0.717, 1.165) is 88.0 Å². The van der Waals surface area contributed by atoms with Gasteiger partial charge in [-0.2, -0.15) is 0 Å². The molecule has 53 heavy (non-hydrogen) atoms. The minimum absolute atomic E-state index is 0.580. The predicted molar refractivity (Wildman–Crippen MR) is 217 cm³/mol. The Morgan fingerprint density at radius 1 is 0.415 bits per heavy atom. The van der Waals surface area contributed by atoms with Crippen molar-refractivity contribution in [2.24, 2.45) is 0 Å². The van der Waals surface area contributed by atoms with E-state index >= 15 is 0 Å². The van der Waals surface area contributed by atoms with Crippen molar-refractivity contribution in [2.45, 2.75) is 6.92 Å². The van der Waals surface area contributed by atoms with Gasteiger partial charge in [-0.25, -0.2) is 15.0 Å². The number of aromatic nitrogens is 3. The second-order valence-corrected chi connectivity index (χ2v) is 13.1. The largest absolute Gasteiger partial charge is 0.456 e. The molecule has 0 saturated carbocycles. The molecule has 250 valence electrons. The van der Waals surface area contributed by atoms with Crippen molar-refractivity contribution in [1.29, 1.82) is 0 Å². The zero-order valence-corrected chi connectivity index (χ0v) is 28.8. The molecule has 0 unspecified atom stereocenters. The van der Waals surface area contributed by atoms with Crippen LogP contribution in [0.5, 0.6) is 0 Å². The molecule has 3 heterocycles. The van der Waals surface area contributed by atoms with Crippen LogP contribution >= 0.6 is 0 Å². The lowest BCUT2D eigenvalue weighted by molar-refractivity contribution is 0.669. The number of hydrogen-bond acceptors (Lipinski definition) is 5. The topological polar surface area (TPSA) is 65.0 Å². The summed E-state index contributed by atoms with van der Waals surface area (Å²) in [5, 5.41) is 6.34. The SMILES string of the molecule is C/C=C\C=C/c1ccc(-c2nc(-c3ccccc3)nc(-c3cccc4oc5ccc(-c6cccc7oc8ccccc8c67)cc5c34)n2)c2ccccc12. The highest BCUT2D eigenvalue weighted by atomic mass is 16.3. The smallest absolute Gasteiger partial charge is 0.164 e. The van der Waals surface area contributed by atoms with E-state index in [-0.39, 0.29) is 0 Å². The van der Waals surface area contributed by atoms with Crippen LogP contribution in [0.25, 0.3) is 106 Å². The van der Waals surface area contributed by atoms with E-state index in [1.165, 1.54) is 0 Å². The Morgan fingerprint density at radius 2 is 1.04 bits per heavy atom. The van der Waals surface area contributed by atoms with Gasteiger partial charge < -0.3 is 8.83 Å². The van der Waals surface area contributed by atoms with Crippen molar-refractivity contribution in [1.82, 2.24) is 15.0 Å². The molecule has 0 aliphatic heterocycles. The number of furan rings is 2. The molecule has 0 amide bonds. The van der Waals surface area contributed by atoms with Gasteiger partial charge in [-0.05, 0) is 70.8 Å². The Labute approximate surface area is 305 Å². The lowest BCUT2D eigenvalue weighted by atomic mass is 9.97. The van der Waals surface area contributed by atoms with Crippen LogP contribution in [0.1, 0.15) is 12.5 Å². The number of hydrogen-bond donors (Lipinski definition) is 0. The average molecular weight is 682 g/mol. The van der Waals surface area contributed by atoms with Crippen LogP contribution < -0.4 is 0 Å². The first-order chi connectivity index (χ1) is 26.2. The molecule has 0 N–H and O–H groups in total. The number of benzene rings is 7. The van der Waals surface area contributed by atoms with Crippen LogP contribution in [0.4, 0.5) is 0 Å². The van der Waals surface area contributed by atoms with Gasteiger partial charge in [-0.1, -0.05) is 133 Å². The molecule has 0 radical (unpaired) electrons. The monoisotopic (exact) mass is 681 g/mol. The number of para-hydroxylation sites is 1. The van der Waals surface area contributed by atoms with Crippen molar-refractivity contribution in [2.75, 3.05) is 0 Å². The summed E-state index contributed by atoms with van der Waals surface area (Å²) in [6.07, 6.45) is 8.26. The van der Waals surface area contributed by atoms with E-state index in [1.807, 2.05) is 79.7 Å². The molecule has 0 spiro atoms. The van der Waals surface area contributed by atoms with Gasteiger partial charge in [0, 0.05) is 38.2 Å². The standard InChI is InChI=1S/C48H31N3O2/c1-2-3-5-14-30-25-27-36(35-18-9-8-17-33(30)35)47-49-46(31-15-6-4-7-16-31)50-48(51-47)38-21-13-24-43-45(38)39-29-32(26-28-41(39)53-43)34-20-12-23-42-44(34)37-19-10-11-22-40(37)52-42/h2-29H,1H3/b3-2-,14-5-. The average Bonchev–Trinajstić information content (AvgIpc) is 3.79. The Hall–Kier alpha value is -7.11. The lowest BCUT2D eigenvalue weighted by Crippen LogP contribution is -2.01. The van der Waals surface area contributed by atoms with E-state index in [2.05, 4.69) is 97.1 Å². The summed E-state index contributed by atoms with van der Waals surface area (Å²) in [7, 11) is 0. The van der Waals surface area contributed by atoms with Crippen molar-refractivity contribution >= 4 is 60.7 Å². The van der Waals surface area contributed by atoms with Crippen LogP contribution in [0.2, 0.25) is 0 Å². The molecule has 3 aromatic heterocycles. The fourth-order valence-electron chi connectivity index (χ4n) is 7.46. The summed E-state index contributed by atoms with van der Waals surface area (Å²) in [5.74, 6) is 1.80. The zero-order valence-electron chi connectivity index (χ0n) is 28.8. The second kappa shape index (κ2) is 12.6. The van der Waals surface area contributed by atoms with Gasteiger partial charge in [0.1, 0.15) is 22.3 Å². The Bertz CT molecular complexity index is 3080. The van der Waals surface area contributed by atoms with Crippen molar-refractivity contribution in [3.63, 3.8) is 0 Å². The molecular formula is C48H31N3O2. The Kier molecular flexibility index (Phi) is 7.29. The highest BCUT2D eigenvalue weighted by Crippen LogP contribution is 2.41. The first-order valence-electron chi connectivity index (χ1n) is 17.7. The molecule has 10 aromatic rings. The van der Waals surface area contributed by atoms with Crippen LogP contribution in [0.15, 0.2) is 173 Å². The molecule has 0 fully saturated rings. The fraction of sp³-hybridized carbons (Fsp3) is 0.0208. The minimum atomic E-state index is 0.580. The summed E-state index contributed by atoms with van der Waals surface area (Å²) in [6.45, 7) is 2.02. The zero-order chi connectivity index (χ0) is 35.3. The number of allylic oxidation sites excluding steroid dienone is 3. The van der Waals surface area contributed by atoms with Crippen molar-refractivity contribution < 1.29 is 8.83 Å². The van der Waals surface area contributed by atoms with Gasteiger partial charge in [0.25, 0.3) is 0 Å². The van der Waals surface area contributed by atoms with Crippen LogP contribution in [0, 0.1) is 0 Å². The van der Waals surface area contributed by atoms with E-state index in [0.29, 0.717) is 17.5 Å². The van der Waals surface area contributed by atoms with Gasteiger partial charge in [-0.3, -0.25) is 0 Å². The molecule has 7 aromatic carbocycles. The molecule has 10 rings (SSSR count). The van der Waals surface area contributed by atoms with Gasteiger partial charge in [0.2, 0.25) is 0 Å². The van der Waals surface area contributed by atoms with Crippen LogP contribution in [-0.2, 0) is 0 Å². The van der Waals surface area contributed by atoms with Gasteiger partial charge >= 0.3 is 0 Å². The molecule has 0 saturated heterocycles. The molecular weight excluding hydrogens is 651 g/mol. The third-order valence-corrected chi connectivity index (χ3v) is 9.89. The number of rotatable bonds is 6. The third-order valence-electron chi connectivity index (χ3n) is 9.89. The number of fused-ring (bicyclic) bond motifs is 7. The molecule has 0 atom stereocenters. The third kappa shape index (κ3) is 5.21. The molecule has 0 bridgehead atoms. The van der Waals surface area contributed by atoms with Crippen molar-refractivity contribution in [3.8, 4) is 45.3 Å². The maximum Gasteiger partial charge on any atom is 0.164 e. The minimum Gasteiger partial charge on any atom is -0.456 e. The molecule has 5 heteroatoms. The number of nitrogens with zero attached hydrogens (tertiary/aromatic N) is 3. The Balaban J connectivity index is 1.20. The molecule has 5 nitrogen and oxygen atoms in total. The summed E-state index contributed by atoms with van der Waals surface area (Å²) < 4.78 is 12.7. The van der Waals surface area contributed by atoms with Gasteiger partial charge in [0.05, 0.1) is 0 Å². The Morgan fingerprint density at radius 3 is 1.83 bits per heavy atom. The van der Waals surface area contributed by atoms with Crippen LogP contribution in [-0.4, -0.2) is 15.0 Å². The van der Waals surface area contributed by atoms with Gasteiger partial charge in [0.15, 0.2) is 17.5 Å². The highest BCUT2D eigenvalue weighted by molar-refractivity contribution is 6.16. The quantitative estimate of drug-likeness (QED) is 0.163. The summed E-state index contributed by atoms with van der Waals surface area (Å²) in [4.78, 5) is 15.5. The van der Waals surface area contributed by atoms with E-state index < -0.39 is 0 Å². The van der Waals surface area contributed by atoms with Gasteiger partial charge in [-0.15, -0.1) is 0 Å². The first-order valence-corrected chi connectivity index (χ1v) is 17.7. The predicted octanol–water partition coefficient (Wildman–Crippen LogP) is 13.1. The fourth-order valence-corrected chi connectivity index (χ4v) is 7.46. The molecule has 0 aliphatic rings. The maximum absolute atomic E-state index is 6.49. The summed E-state index contributed by atoms with van der Waals surface area (Å²) in [6, 6.07) is 49.7. The van der Waals surface area contributed by atoms with E-state index in [1.54, 1.807) is 0 Å². The first kappa shape index (κ1) is 30.7. The van der Waals surface area contributed by atoms with Crippen LogP contribution in [0.3, 0.4) is 0 Å². The highest BCUT2D eigenvalue weighted by Gasteiger charge is 2.20. The maximum atomic E-state index is 6.49. The second-order valence-electron chi connectivity index (χ2n) is 13.1. The van der Waals surface area contributed by atoms with E-state index in [9.17, 15) is 0 Å².